The Hall–Kier alpha value is -2.75. The van der Waals surface area contributed by atoms with Crippen molar-refractivity contribution in [2.45, 2.75) is 31.7 Å². The summed E-state index contributed by atoms with van der Waals surface area (Å²) in [5.74, 6) is 1.50. The molecule has 1 aliphatic carbocycles. The number of aliphatic hydroxyl groups is 1. The molecule has 0 radical (unpaired) electrons. The van der Waals surface area contributed by atoms with E-state index in [0.29, 0.717) is 24.8 Å². The van der Waals surface area contributed by atoms with E-state index in [1.807, 2.05) is 30.3 Å². The molecule has 2 aromatic rings. The lowest BCUT2D eigenvalue weighted by atomic mass is 9.96. The minimum absolute atomic E-state index is 0.142. The molecule has 2 aliphatic heterocycles. The zero-order chi connectivity index (χ0) is 21.3. The SMILES string of the molecule is N#Cc1c(-c2ccc3c(c2)OCCO3)cccc1N1CCC(NCC2(CO)CC2)CC1. The van der Waals surface area contributed by atoms with Crippen LogP contribution in [0, 0.1) is 16.7 Å². The number of hydrogen-bond acceptors (Lipinski definition) is 6. The summed E-state index contributed by atoms with van der Waals surface area (Å²) < 4.78 is 11.4. The molecule has 0 bridgehead atoms. The standard InChI is InChI=1S/C25H29N3O3/c26-15-21-20(18-4-5-23-24(14-18)31-13-12-30-23)2-1-3-22(21)28-10-6-19(7-11-28)27-16-25(17-29)8-9-25/h1-5,14,19,27,29H,6-13,16-17H2. The second kappa shape index (κ2) is 8.41. The van der Waals surface area contributed by atoms with Crippen LogP contribution in [0.1, 0.15) is 31.2 Å². The van der Waals surface area contributed by atoms with Gasteiger partial charge in [-0.25, -0.2) is 0 Å². The molecule has 6 nitrogen and oxygen atoms in total. The van der Waals surface area contributed by atoms with Crippen LogP contribution in [0.3, 0.4) is 0 Å². The molecule has 2 heterocycles. The lowest BCUT2D eigenvalue weighted by Gasteiger charge is -2.35. The molecule has 0 aromatic heterocycles. The van der Waals surface area contributed by atoms with E-state index in [0.717, 1.165) is 73.6 Å². The number of piperidine rings is 1. The summed E-state index contributed by atoms with van der Waals surface area (Å²) >= 11 is 0. The molecule has 0 unspecified atom stereocenters. The highest BCUT2D eigenvalue weighted by atomic mass is 16.6. The number of nitrogens with one attached hydrogen (secondary N) is 1. The molecule has 0 amide bonds. The largest absolute Gasteiger partial charge is 0.486 e. The average molecular weight is 420 g/mol. The van der Waals surface area contributed by atoms with Gasteiger partial charge in [-0.05, 0) is 49.4 Å². The van der Waals surface area contributed by atoms with Crippen molar-refractivity contribution < 1.29 is 14.6 Å². The van der Waals surface area contributed by atoms with Crippen molar-refractivity contribution in [2.24, 2.45) is 5.41 Å². The van der Waals surface area contributed by atoms with Gasteiger partial charge in [0.2, 0.25) is 0 Å². The van der Waals surface area contributed by atoms with Gasteiger partial charge in [-0.15, -0.1) is 0 Å². The number of rotatable bonds is 6. The third-order valence-electron chi connectivity index (χ3n) is 6.90. The third-order valence-corrected chi connectivity index (χ3v) is 6.90. The first-order valence-electron chi connectivity index (χ1n) is 11.2. The van der Waals surface area contributed by atoms with Crippen LogP contribution in [0.15, 0.2) is 36.4 Å². The van der Waals surface area contributed by atoms with Crippen LogP contribution in [-0.2, 0) is 0 Å². The Labute approximate surface area is 183 Å². The van der Waals surface area contributed by atoms with Crippen molar-refractivity contribution in [3.8, 4) is 28.7 Å². The van der Waals surface area contributed by atoms with E-state index in [-0.39, 0.29) is 12.0 Å². The lowest BCUT2D eigenvalue weighted by Crippen LogP contribution is -2.44. The maximum Gasteiger partial charge on any atom is 0.161 e. The first-order valence-corrected chi connectivity index (χ1v) is 11.2. The highest BCUT2D eigenvalue weighted by Crippen LogP contribution is 2.44. The predicted molar refractivity (Wildman–Crippen MR) is 120 cm³/mol. The average Bonchev–Trinajstić information content (AvgIpc) is 3.63. The Morgan fingerprint density at radius 2 is 1.87 bits per heavy atom. The van der Waals surface area contributed by atoms with Gasteiger partial charge in [-0.3, -0.25) is 0 Å². The van der Waals surface area contributed by atoms with Crippen molar-refractivity contribution in [2.75, 3.05) is 44.4 Å². The molecule has 2 aromatic carbocycles. The number of nitrogens with zero attached hydrogens (tertiary/aromatic N) is 2. The quantitative estimate of drug-likeness (QED) is 0.748. The van der Waals surface area contributed by atoms with Crippen LogP contribution in [0.2, 0.25) is 0 Å². The normalized spacial score (nSPS) is 19.7. The van der Waals surface area contributed by atoms with Gasteiger partial charge in [-0.1, -0.05) is 18.2 Å². The molecule has 0 atom stereocenters. The Bertz CT molecular complexity index is 988. The Morgan fingerprint density at radius 1 is 1.10 bits per heavy atom. The number of nitriles is 1. The number of hydrogen-bond donors (Lipinski definition) is 2. The maximum absolute atomic E-state index is 10.0. The molecule has 3 aliphatic rings. The minimum atomic E-state index is 0.142. The second-order valence-corrected chi connectivity index (χ2v) is 8.97. The molecular weight excluding hydrogens is 390 g/mol. The van der Waals surface area contributed by atoms with E-state index in [1.165, 1.54) is 0 Å². The van der Waals surface area contributed by atoms with Crippen LogP contribution < -0.4 is 19.7 Å². The summed E-state index contributed by atoms with van der Waals surface area (Å²) in [6.07, 6.45) is 4.35. The highest BCUT2D eigenvalue weighted by Gasteiger charge is 2.42. The molecule has 1 saturated heterocycles. The highest BCUT2D eigenvalue weighted by molar-refractivity contribution is 5.79. The number of benzene rings is 2. The van der Waals surface area contributed by atoms with Gasteiger partial charge in [0, 0.05) is 43.3 Å². The van der Waals surface area contributed by atoms with Gasteiger partial charge < -0.3 is 24.8 Å². The van der Waals surface area contributed by atoms with Crippen molar-refractivity contribution >= 4 is 5.69 Å². The summed E-state index contributed by atoms with van der Waals surface area (Å²) in [7, 11) is 0. The summed E-state index contributed by atoms with van der Waals surface area (Å²) in [5.41, 5.74) is 3.75. The number of anilines is 1. The van der Waals surface area contributed by atoms with Crippen molar-refractivity contribution in [3.63, 3.8) is 0 Å². The fourth-order valence-electron chi connectivity index (χ4n) is 4.63. The van der Waals surface area contributed by atoms with Gasteiger partial charge in [0.15, 0.2) is 11.5 Å². The summed E-state index contributed by atoms with van der Waals surface area (Å²) in [6, 6.07) is 14.9. The summed E-state index contributed by atoms with van der Waals surface area (Å²) in [5, 5.41) is 23.2. The molecule has 0 spiro atoms. The van der Waals surface area contributed by atoms with Crippen molar-refractivity contribution in [1.29, 1.82) is 5.26 Å². The van der Waals surface area contributed by atoms with Crippen molar-refractivity contribution in [3.05, 3.63) is 42.0 Å². The van der Waals surface area contributed by atoms with E-state index < -0.39 is 0 Å². The van der Waals surface area contributed by atoms with Gasteiger partial charge in [0.05, 0.1) is 11.3 Å². The Balaban J connectivity index is 1.31. The van der Waals surface area contributed by atoms with Crippen LogP contribution in [0.5, 0.6) is 11.5 Å². The topological polar surface area (TPSA) is 77.8 Å². The zero-order valence-corrected chi connectivity index (χ0v) is 17.8. The predicted octanol–water partition coefficient (Wildman–Crippen LogP) is 3.33. The van der Waals surface area contributed by atoms with Gasteiger partial charge in [0.25, 0.3) is 0 Å². The van der Waals surface area contributed by atoms with Gasteiger partial charge in [0.1, 0.15) is 19.3 Å². The van der Waals surface area contributed by atoms with E-state index in [1.54, 1.807) is 0 Å². The van der Waals surface area contributed by atoms with E-state index in [9.17, 15) is 10.4 Å². The smallest absolute Gasteiger partial charge is 0.161 e. The first kappa shape index (κ1) is 20.2. The number of aliphatic hydroxyl groups excluding tert-OH is 1. The molecule has 6 heteroatoms. The third kappa shape index (κ3) is 4.08. The van der Waals surface area contributed by atoms with Crippen LogP contribution in [-0.4, -0.2) is 50.6 Å². The fraction of sp³-hybridized carbons (Fsp3) is 0.480. The van der Waals surface area contributed by atoms with Crippen LogP contribution in [0.4, 0.5) is 5.69 Å². The van der Waals surface area contributed by atoms with Gasteiger partial charge in [-0.2, -0.15) is 5.26 Å². The van der Waals surface area contributed by atoms with E-state index in [2.05, 4.69) is 22.4 Å². The maximum atomic E-state index is 10.0. The Morgan fingerprint density at radius 3 is 2.58 bits per heavy atom. The van der Waals surface area contributed by atoms with Gasteiger partial charge >= 0.3 is 0 Å². The summed E-state index contributed by atoms with van der Waals surface area (Å²) in [4.78, 5) is 2.33. The Kier molecular flexibility index (Phi) is 5.47. The molecule has 31 heavy (non-hydrogen) atoms. The monoisotopic (exact) mass is 419 g/mol. The molecule has 2 fully saturated rings. The van der Waals surface area contributed by atoms with Crippen LogP contribution in [0.25, 0.3) is 11.1 Å². The lowest BCUT2D eigenvalue weighted by molar-refractivity contribution is 0.171. The van der Waals surface area contributed by atoms with Crippen LogP contribution >= 0.6 is 0 Å². The second-order valence-electron chi connectivity index (χ2n) is 8.97. The van der Waals surface area contributed by atoms with E-state index >= 15 is 0 Å². The summed E-state index contributed by atoms with van der Waals surface area (Å²) in [6.45, 7) is 4.15. The van der Waals surface area contributed by atoms with Crippen molar-refractivity contribution in [1.82, 2.24) is 5.32 Å². The molecule has 162 valence electrons. The molecule has 2 N–H and O–H groups in total. The molecule has 1 saturated carbocycles. The fourth-order valence-corrected chi connectivity index (χ4v) is 4.63. The minimum Gasteiger partial charge on any atom is -0.486 e. The van der Waals surface area contributed by atoms with E-state index in [4.69, 9.17) is 9.47 Å². The number of ether oxygens (including phenoxy) is 2. The molecule has 5 rings (SSSR count). The molecular formula is C25H29N3O3. The number of fused-ring (bicyclic) bond motifs is 1. The zero-order valence-electron chi connectivity index (χ0n) is 17.8. The first-order chi connectivity index (χ1) is 15.2.